The summed E-state index contributed by atoms with van der Waals surface area (Å²) in [4.78, 5) is 17.7. The fourth-order valence-electron chi connectivity index (χ4n) is 3.31. The number of fused-ring (bicyclic) bond motifs is 1. The second kappa shape index (κ2) is 9.24. The number of methoxy groups -OCH3 is 1. The number of halogens is 2. The maximum Gasteiger partial charge on any atom is 0.279 e. The fraction of sp³-hybridized carbons (Fsp3) is 0.333. The van der Waals surface area contributed by atoms with Crippen molar-refractivity contribution >= 4 is 60.7 Å². The van der Waals surface area contributed by atoms with E-state index in [0.29, 0.717) is 33.5 Å². The number of thiazole rings is 1. The second-order valence-electron chi connectivity index (χ2n) is 7.43. The van der Waals surface area contributed by atoms with Crippen LogP contribution in [-0.4, -0.2) is 50.0 Å². The highest BCUT2D eigenvalue weighted by Gasteiger charge is 2.35. The Morgan fingerprint density at radius 2 is 1.84 bits per heavy atom. The summed E-state index contributed by atoms with van der Waals surface area (Å²) >= 11 is 14.0. The summed E-state index contributed by atoms with van der Waals surface area (Å²) in [7, 11) is -0.408. The van der Waals surface area contributed by atoms with Crippen molar-refractivity contribution in [1.82, 2.24) is 8.87 Å². The molecule has 1 amide bonds. The topological polar surface area (TPSA) is 81.0 Å². The molecule has 32 heavy (non-hydrogen) atoms. The first-order chi connectivity index (χ1) is 15.2. The van der Waals surface area contributed by atoms with Crippen LogP contribution in [0, 0.1) is 0 Å². The van der Waals surface area contributed by atoms with Crippen LogP contribution in [0.2, 0.25) is 10.0 Å². The van der Waals surface area contributed by atoms with Gasteiger partial charge in [0.25, 0.3) is 5.91 Å². The van der Waals surface area contributed by atoms with E-state index in [1.54, 1.807) is 30.9 Å². The summed E-state index contributed by atoms with van der Waals surface area (Å²) in [6.45, 7) is 0.838. The van der Waals surface area contributed by atoms with Gasteiger partial charge < -0.3 is 9.30 Å². The Bertz CT molecular complexity index is 1340. The van der Waals surface area contributed by atoms with Crippen LogP contribution >= 0.6 is 34.5 Å². The molecular formula is C21H21Cl2N3O4S2. The number of amides is 1. The average molecular weight is 514 g/mol. The lowest BCUT2D eigenvalue weighted by molar-refractivity contribution is 0.0997. The third-order valence-electron chi connectivity index (χ3n) is 5.28. The van der Waals surface area contributed by atoms with Gasteiger partial charge in [-0.25, -0.2) is 8.42 Å². The molecule has 0 N–H and O–H groups in total. The van der Waals surface area contributed by atoms with E-state index in [9.17, 15) is 13.2 Å². The van der Waals surface area contributed by atoms with Crippen molar-refractivity contribution in [1.29, 1.82) is 0 Å². The van der Waals surface area contributed by atoms with Crippen molar-refractivity contribution in [2.75, 3.05) is 20.8 Å². The molecule has 1 aliphatic carbocycles. The normalized spacial score (nSPS) is 15.1. The molecule has 4 rings (SSSR count). The van der Waals surface area contributed by atoms with E-state index in [1.807, 2.05) is 0 Å². The van der Waals surface area contributed by atoms with Crippen molar-refractivity contribution in [2.24, 2.45) is 4.99 Å². The lowest BCUT2D eigenvalue weighted by atomic mass is 10.2. The summed E-state index contributed by atoms with van der Waals surface area (Å²) < 4.78 is 34.5. The summed E-state index contributed by atoms with van der Waals surface area (Å²) in [6.07, 6.45) is 1.74. The highest BCUT2D eigenvalue weighted by Crippen LogP contribution is 2.32. The number of ether oxygens (including phenoxy) is 1. The first-order valence-corrected chi connectivity index (χ1v) is 12.9. The molecule has 0 spiro atoms. The maximum atomic E-state index is 12.9. The van der Waals surface area contributed by atoms with Gasteiger partial charge in [0.05, 0.1) is 31.8 Å². The molecule has 1 saturated carbocycles. The zero-order valence-electron chi connectivity index (χ0n) is 17.4. The van der Waals surface area contributed by atoms with E-state index < -0.39 is 15.9 Å². The van der Waals surface area contributed by atoms with Gasteiger partial charge >= 0.3 is 0 Å². The largest absolute Gasteiger partial charge is 0.383 e. The van der Waals surface area contributed by atoms with Crippen LogP contribution in [0.3, 0.4) is 0 Å². The Kier molecular flexibility index (Phi) is 6.76. The SMILES string of the molecule is COCCn1c(=NC(=O)c2ccc(S(=O)(=O)N(C)C3CC3)cc2)sc2c(Cl)ccc(Cl)c21. The Morgan fingerprint density at radius 3 is 2.47 bits per heavy atom. The van der Waals surface area contributed by atoms with Crippen LogP contribution in [0.15, 0.2) is 46.3 Å². The molecule has 0 unspecified atom stereocenters. The molecule has 7 nitrogen and oxygen atoms in total. The average Bonchev–Trinajstić information content (AvgIpc) is 3.56. The number of benzene rings is 2. The van der Waals surface area contributed by atoms with Crippen LogP contribution in [0.5, 0.6) is 0 Å². The van der Waals surface area contributed by atoms with Gasteiger partial charge in [0.1, 0.15) is 0 Å². The maximum absolute atomic E-state index is 12.9. The second-order valence-corrected chi connectivity index (χ2v) is 11.2. The van der Waals surface area contributed by atoms with Gasteiger partial charge in [0.15, 0.2) is 4.80 Å². The number of sulfonamides is 1. The molecule has 1 aromatic heterocycles. The smallest absolute Gasteiger partial charge is 0.279 e. The molecule has 0 radical (unpaired) electrons. The molecule has 170 valence electrons. The Hall–Kier alpha value is -1.75. The third kappa shape index (κ3) is 4.50. The van der Waals surface area contributed by atoms with Crippen LogP contribution in [0.1, 0.15) is 23.2 Å². The van der Waals surface area contributed by atoms with E-state index in [2.05, 4.69) is 4.99 Å². The van der Waals surface area contributed by atoms with Crippen molar-refractivity contribution < 1.29 is 17.9 Å². The molecular weight excluding hydrogens is 493 g/mol. The van der Waals surface area contributed by atoms with Crippen molar-refractivity contribution in [3.63, 3.8) is 0 Å². The highest BCUT2D eigenvalue weighted by atomic mass is 35.5. The van der Waals surface area contributed by atoms with Gasteiger partial charge in [-0.05, 0) is 49.2 Å². The minimum Gasteiger partial charge on any atom is -0.383 e. The standard InChI is InChI=1S/C21H21Cl2N3O4S2/c1-25(14-5-6-14)32(28,29)15-7-3-13(4-8-15)20(27)24-21-26(11-12-30-2)18-16(22)9-10-17(23)19(18)31-21/h3-4,7-10,14H,5-6,11-12H2,1-2H3. The summed E-state index contributed by atoms with van der Waals surface area (Å²) in [5.41, 5.74) is 0.975. The molecule has 0 atom stereocenters. The predicted octanol–water partition coefficient (Wildman–Crippen LogP) is 4.18. The third-order valence-corrected chi connectivity index (χ3v) is 9.05. The lowest BCUT2D eigenvalue weighted by Crippen LogP contribution is -2.28. The summed E-state index contributed by atoms with van der Waals surface area (Å²) in [5.74, 6) is -0.491. The van der Waals surface area contributed by atoms with Gasteiger partial charge in [0, 0.05) is 32.3 Å². The fourth-order valence-corrected chi connectivity index (χ4v) is 6.39. The van der Waals surface area contributed by atoms with Crippen molar-refractivity contribution in [3.8, 4) is 0 Å². The number of hydrogen-bond donors (Lipinski definition) is 0. The number of rotatable bonds is 7. The van der Waals surface area contributed by atoms with E-state index in [-0.39, 0.29) is 16.5 Å². The van der Waals surface area contributed by atoms with Gasteiger partial charge in [0.2, 0.25) is 10.0 Å². The molecule has 1 heterocycles. The van der Waals surface area contributed by atoms with E-state index in [1.165, 1.54) is 39.9 Å². The minimum absolute atomic E-state index is 0.0606. The number of aromatic nitrogens is 1. The number of carbonyl (C=O) groups is 1. The van der Waals surface area contributed by atoms with Crippen molar-refractivity contribution in [3.05, 3.63) is 56.8 Å². The molecule has 11 heteroatoms. The van der Waals surface area contributed by atoms with Gasteiger partial charge in [-0.3, -0.25) is 4.79 Å². The molecule has 3 aromatic rings. The van der Waals surface area contributed by atoms with Gasteiger partial charge in [-0.15, -0.1) is 0 Å². The quantitative estimate of drug-likeness (QED) is 0.474. The zero-order chi connectivity index (χ0) is 23.0. The first kappa shape index (κ1) is 23.4. The highest BCUT2D eigenvalue weighted by molar-refractivity contribution is 7.89. The Balaban J connectivity index is 1.70. The van der Waals surface area contributed by atoms with Gasteiger partial charge in [-0.1, -0.05) is 34.5 Å². The molecule has 1 aliphatic rings. The monoisotopic (exact) mass is 513 g/mol. The molecule has 0 bridgehead atoms. The molecule has 0 aliphatic heterocycles. The van der Waals surface area contributed by atoms with E-state index >= 15 is 0 Å². The van der Waals surface area contributed by atoms with Crippen LogP contribution in [-0.2, 0) is 21.3 Å². The van der Waals surface area contributed by atoms with Crippen molar-refractivity contribution in [2.45, 2.75) is 30.3 Å². The number of hydrogen-bond acceptors (Lipinski definition) is 5. The zero-order valence-corrected chi connectivity index (χ0v) is 20.6. The molecule has 0 saturated heterocycles. The van der Waals surface area contributed by atoms with E-state index in [0.717, 1.165) is 17.5 Å². The number of nitrogens with zero attached hydrogens (tertiary/aromatic N) is 3. The van der Waals surface area contributed by atoms with Crippen LogP contribution in [0.4, 0.5) is 0 Å². The van der Waals surface area contributed by atoms with Crippen LogP contribution in [0.25, 0.3) is 10.2 Å². The molecule has 2 aromatic carbocycles. The van der Waals surface area contributed by atoms with E-state index in [4.69, 9.17) is 27.9 Å². The summed E-state index contributed by atoms with van der Waals surface area (Å²) in [5, 5.41) is 1.02. The minimum atomic E-state index is -3.57. The Labute approximate surface area is 199 Å². The van der Waals surface area contributed by atoms with Crippen LogP contribution < -0.4 is 4.80 Å². The predicted molar refractivity (Wildman–Crippen MR) is 126 cm³/mol. The molecule has 1 fully saturated rings. The Morgan fingerprint density at radius 1 is 1.19 bits per heavy atom. The first-order valence-electron chi connectivity index (χ1n) is 9.87. The summed E-state index contributed by atoms with van der Waals surface area (Å²) in [6, 6.07) is 9.30. The van der Waals surface area contributed by atoms with Gasteiger partial charge in [-0.2, -0.15) is 9.30 Å². The number of carbonyl (C=O) groups excluding carboxylic acids is 1. The lowest BCUT2D eigenvalue weighted by Gasteiger charge is -2.16.